The molecule has 222 valence electrons. The maximum absolute atomic E-state index is 12.7. The van der Waals surface area contributed by atoms with Crippen LogP contribution in [0.1, 0.15) is 11.1 Å². The zero-order chi connectivity index (χ0) is 27.9. The molecule has 0 bridgehead atoms. The van der Waals surface area contributed by atoms with Gasteiger partial charge in [-0.3, -0.25) is 9.59 Å². The summed E-state index contributed by atoms with van der Waals surface area (Å²) in [5.41, 5.74) is 9.76. The Morgan fingerprint density at radius 3 is 1.30 bits per heavy atom. The summed E-state index contributed by atoms with van der Waals surface area (Å²) < 4.78 is 9.68. The molecule has 10 nitrogen and oxygen atoms in total. The predicted molar refractivity (Wildman–Crippen MR) is 146 cm³/mol. The Morgan fingerprint density at radius 1 is 0.675 bits per heavy atom. The molecule has 0 aliphatic heterocycles. The van der Waals surface area contributed by atoms with Crippen molar-refractivity contribution in [3.63, 3.8) is 0 Å². The Morgan fingerprint density at radius 2 is 1.00 bits per heavy atom. The summed E-state index contributed by atoms with van der Waals surface area (Å²) in [4.78, 5) is 49.8. The molecule has 0 unspecified atom stereocenters. The van der Waals surface area contributed by atoms with Crippen LogP contribution in [0.2, 0.25) is 0 Å². The Bertz CT molecular complexity index is 973. The molecule has 4 atom stereocenters. The minimum atomic E-state index is -0.897. The van der Waals surface area contributed by atoms with Gasteiger partial charge in [-0.05, 0) is 11.1 Å². The quantitative estimate of drug-likeness (QED) is 0.0852. The number of hydrogen-bond acceptors (Lipinski definition) is 8. The molecule has 8 N–H and O–H groups in total. The van der Waals surface area contributed by atoms with Gasteiger partial charge in [-0.15, -0.1) is 0 Å². The zero-order valence-corrected chi connectivity index (χ0v) is 25.5. The van der Waals surface area contributed by atoms with Gasteiger partial charge in [0.05, 0.1) is 14.2 Å². The number of methoxy groups -OCH3 is 2. The van der Waals surface area contributed by atoms with Crippen molar-refractivity contribution >= 4 is 45.3 Å². The number of ether oxygens (including phenoxy) is 2. The Kier molecular flexibility index (Phi) is 19.1. The van der Waals surface area contributed by atoms with Gasteiger partial charge in [0.2, 0.25) is 0 Å². The minimum absolute atomic E-state index is 0. The van der Waals surface area contributed by atoms with Gasteiger partial charge in [0.15, 0.2) is 12.1 Å². The van der Waals surface area contributed by atoms with Crippen molar-refractivity contribution in [2.45, 2.75) is 37.0 Å². The van der Waals surface area contributed by atoms with E-state index in [9.17, 15) is 19.2 Å². The van der Waals surface area contributed by atoms with E-state index in [0.29, 0.717) is 12.8 Å². The van der Waals surface area contributed by atoms with Gasteiger partial charge in [0, 0.05) is 24.3 Å². The van der Waals surface area contributed by atoms with Gasteiger partial charge >= 0.3 is 11.9 Å². The molecule has 2 aromatic carbocycles. The standard InChI is InChI=1S/C26H34N4O6S2.2ClH/c1-35-25(33)21(29-23(31)19(27)13-17-9-5-3-6-10-17)15-37-38-16-22(26(34)36-2)30-24(32)20(28)14-18-11-7-4-8-12-18;;/h3-12,19-22H,13-16,27-28H2,1-2H3,(H,29,31)(H,30,32);2*1H/t19-,20-,21+,22+;;/m0../s1. The molecular formula is C26H36Cl2N4O6S2. The molecule has 0 aliphatic rings. The molecule has 0 heterocycles. The smallest absolute Gasteiger partial charge is 0.329 e. The normalized spacial score (nSPS) is 13.2. The van der Waals surface area contributed by atoms with E-state index in [1.807, 2.05) is 60.7 Å². The lowest BCUT2D eigenvalue weighted by atomic mass is 10.1. The third-order valence-corrected chi connectivity index (χ3v) is 7.97. The zero-order valence-electron chi connectivity index (χ0n) is 22.3. The van der Waals surface area contributed by atoms with Crippen LogP contribution in [0, 0.1) is 0 Å². The highest BCUT2D eigenvalue weighted by atomic mass is 35.5. The first kappa shape index (κ1) is 37.5. The van der Waals surface area contributed by atoms with Crippen LogP contribution in [0.3, 0.4) is 0 Å². The lowest BCUT2D eigenvalue weighted by Gasteiger charge is -2.19. The van der Waals surface area contributed by atoms with Crippen molar-refractivity contribution in [1.29, 1.82) is 0 Å². The van der Waals surface area contributed by atoms with E-state index in [1.165, 1.54) is 35.8 Å². The number of rotatable bonds is 15. The van der Waals surface area contributed by atoms with Crippen LogP contribution >= 0.6 is 21.6 Å². The average Bonchev–Trinajstić information content (AvgIpc) is 2.93. The molecule has 14 heteroatoms. The van der Waals surface area contributed by atoms with Crippen LogP contribution in [0.15, 0.2) is 60.7 Å². The van der Waals surface area contributed by atoms with Gasteiger partial charge < -0.3 is 56.4 Å². The second kappa shape index (κ2) is 20.4. The van der Waals surface area contributed by atoms with Gasteiger partial charge in [-0.2, -0.15) is 0 Å². The third kappa shape index (κ3) is 13.2. The summed E-state index contributed by atoms with van der Waals surface area (Å²) >= 11 is 0. The van der Waals surface area contributed by atoms with Crippen molar-refractivity contribution < 1.29 is 64.9 Å². The number of nitrogens with one attached hydrogen (secondary N) is 2. The van der Waals surface area contributed by atoms with Crippen LogP contribution < -0.4 is 46.9 Å². The number of amides is 2. The second-order valence-electron chi connectivity index (χ2n) is 8.51. The molecule has 2 aromatic rings. The lowest BCUT2D eigenvalue weighted by Crippen LogP contribution is -3.00. The van der Waals surface area contributed by atoms with Gasteiger partial charge in [-0.1, -0.05) is 82.3 Å². The van der Waals surface area contributed by atoms with E-state index < -0.39 is 36.1 Å². The third-order valence-electron chi connectivity index (χ3n) is 5.55. The van der Waals surface area contributed by atoms with Gasteiger partial charge in [-0.25, -0.2) is 9.59 Å². The van der Waals surface area contributed by atoms with Crippen LogP contribution in [0.5, 0.6) is 0 Å². The average molecular weight is 636 g/mol. The van der Waals surface area contributed by atoms with E-state index in [-0.39, 0.29) is 48.1 Å². The lowest BCUT2D eigenvalue weighted by molar-refractivity contribution is -0.403. The van der Waals surface area contributed by atoms with Crippen LogP contribution in [0.4, 0.5) is 0 Å². The minimum Gasteiger partial charge on any atom is -1.00 e. The molecule has 0 saturated heterocycles. The summed E-state index contributed by atoms with van der Waals surface area (Å²) in [5, 5.41) is 5.40. The number of hydrogen-bond donors (Lipinski definition) is 4. The molecule has 0 radical (unpaired) electrons. The van der Waals surface area contributed by atoms with Crippen molar-refractivity contribution in [3.8, 4) is 0 Å². The monoisotopic (exact) mass is 634 g/mol. The summed E-state index contributed by atoms with van der Waals surface area (Å²) in [6.45, 7) is 0. The van der Waals surface area contributed by atoms with Crippen molar-refractivity contribution in [3.05, 3.63) is 71.8 Å². The Balaban J connectivity index is 0.00000760. The highest BCUT2D eigenvalue weighted by molar-refractivity contribution is 8.76. The topological polar surface area (TPSA) is 166 Å². The molecule has 0 aromatic heterocycles. The highest BCUT2D eigenvalue weighted by Gasteiger charge is 2.29. The maximum Gasteiger partial charge on any atom is 0.329 e. The second-order valence-corrected chi connectivity index (χ2v) is 11.1. The fourth-order valence-corrected chi connectivity index (χ4v) is 5.71. The van der Waals surface area contributed by atoms with Gasteiger partial charge in [0.1, 0.15) is 12.1 Å². The number of esters is 2. The maximum atomic E-state index is 12.7. The highest BCUT2D eigenvalue weighted by Crippen LogP contribution is 2.23. The van der Waals surface area contributed by atoms with Crippen molar-refractivity contribution in [2.75, 3.05) is 25.7 Å². The van der Waals surface area contributed by atoms with E-state index in [1.54, 1.807) is 0 Å². The Labute approximate surface area is 254 Å². The fourth-order valence-electron chi connectivity index (χ4n) is 3.42. The van der Waals surface area contributed by atoms with Gasteiger partial charge in [0.25, 0.3) is 11.8 Å². The first-order chi connectivity index (χ1) is 18.2. The Hall–Kier alpha value is -2.48. The summed E-state index contributed by atoms with van der Waals surface area (Å²) in [6, 6.07) is 16.0. The number of benzene rings is 2. The number of quaternary nitrogens is 2. The molecule has 0 fully saturated rings. The SMILES string of the molecule is COC(=O)[C@@H](CSSC[C@@H](NC(=O)[C@@H]([NH3+])Cc1ccccc1)C(=O)OC)NC(=O)[C@@H]([NH3+])Cc1ccccc1.[Cl-].[Cl-]. The first-order valence-corrected chi connectivity index (χ1v) is 14.5. The number of halogens is 2. The summed E-state index contributed by atoms with van der Waals surface area (Å²) in [6.07, 6.45) is 0.862. The molecule has 0 saturated carbocycles. The van der Waals surface area contributed by atoms with E-state index in [4.69, 9.17) is 9.47 Å². The molecule has 2 rings (SSSR count). The van der Waals surface area contributed by atoms with Crippen LogP contribution in [-0.4, -0.2) is 73.6 Å². The molecular weight excluding hydrogens is 599 g/mol. The summed E-state index contributed by atoms with van der Waals surface area (Å²) in [7, 11) is 5.02. The molecule has 0 spiro atoms. The van der Waals surface area contributed by atoms with Crippen LogP contribution in [-0.2, 0) is 41.5 Å². The van der Waals surface area contributed by atoms with E-state index in [2.05, 4.69) is 22.1 Å². The van der Waals surface area contributed by atoms with Crippen LogP contribution in [0.25, 0.3) is 0 Å². The molecule has 2 amide bonds. The molecule has 0 aliphatic carbocycles. The van der Waals surface area contributed by atoms with Crippen molar-refractivity contribution in [2.24, 2.45) is 0 Å². The predicted octanol–water partition coefficient (Wildman–Crippen LogP) is -6.60. The van der Waals surface area contributed by atoms with E-state index in [0.717, 1.165) is 11.1 Å². The molecule has 40 heavy (non-hydrogen) atoms. The van der Waals surface area contributed by atoms with E-state index >= 15 is 0 Å². The first-order valence-electron chi connectivity index (χ1n) is 12.0. The summed E-state index contributed by atoms with van der Waals surface area (Å²) in [5.74, 6) is -1.53. The van der Waals surface area contributed by atoms with Crippen molar-refractivity contribution in [1.82, 2.24) is 10.6 Å². The largest absolute Gasteiger partial charge is 1.00 e. The number of carbonyl (C=O) groups excluding carboxylic acids is 4. The number of carbonyl (C=O) groups is 4. The fraction of sp³-hybridized carbons (Fsp3) is 0.385.